The van der Waals surface area contributed by atoms with Crippen LogP contribution in [0, 0.1) is 0 Å². The Kier molecular flexibility index (Phi) is 4.30. The van der Waals surface area contributed by atoms with E-state index in [0.29, 0.717) is 6.07 Å². The number of alkyl halides is 6. The van der Waals surface area contributed by atoms with Gasteiger partial charge in [-0.15, -0.1) is 0 Å². The third-order valence-electron chi connectivity index (χ3n) is 3.13. The maximum atomic E-state index is 13.1. The molecule has 0 fully saturated rings. The molecule has 0 bridgehead atoms. The number of benzene rings is 1. The maximum absolute atomic E-state index is 13.1. The fraction of sp³-hybridized carbons (Fsp3) is 0.200. The topological polar surface area (TPSA) is 47.3 Å². The van der Waals surface area contributed by atoms with Crippen molar-refractivity contribution >= 4 is 12.1 Å². The molecule has 24 heavy (non-hydrogen) atoms. The number of carbonyl (C=O) groups is 2. The molecular formula is C15H8F6O3. The van der Waals surface area contributed by atoms with Crippen molar-refractivity contribution in [1.29, 1.82) is 0 Å². The first-order valence-electron chi connectivity index (χ1n) is 6.34. The SMILES string of the molecule is CC(=O)c1c(-c2ccc(C=O)o2)cc(C(F)(F)F)cc1C(F)(F)F. The predicted molar refractivity (Wildman–Crippen MR) is 69.5 cm³/mol. The molecule has 0 atom stereocenters. The Morgan fingerprint density at radius 1 is 1.04 bits per heavy atom. The summed E-state index contributed by atoms with van der Waals surface area (Å²) in [6, 6.07) is 2.36. The van der Waals surface area contributed by atoms with Crippen LogP contribution >= 0.6 is 0 Å². The van der Waals surface area contributed by atoms with Gasteiger partial charge in [0.2, 0.25) is 0 Å². The van der Waals surface area contributed by atoms with Gasteiger partial charge in [0.1, 0.15) is 5.76 Å². The van der Waals surface area contributed by atoms with Crippen LogP contribution in [0.25, 0.3) is 11.3 Å². The number of hydrogen-bond donors (Lipinski definition) is 0. The van der Waals surface area contributed by atoms with Crippen molar-refractivity contribution in [2.45, 2.75) is 19.3 Å². The monoisotopic (exact) mass is 350 g/mol. The highest BCUT2D eigenvalue weighted by Gasteiger charge is 2.41. The fourth-order valence-electron chi connectivity index (χ4n) is 2.16. The van der Waals surface area contributed by atoms with E-state index in [9.17, 15) is 35.9 Å². The van der Waals surface area contributed by atoms with Crippen LogP contribution in [0.1, 0.15) is 39.0 Å². The molecule has 128 valence electrons. The lowest BCUT2D eigenvalue weighted by molar-refractivity contribution is -0.143. The molecule has 0 aliphatic carbocycles. The molecular weight excluding hydrogens is 342 g/mol. The van der Waals surface area contributed by atoms with Gasteiger partial charge in [0.15, 0.2) is 17.8 Å². The number of halogens is 6. The highest BCUT2D eigenvalue weighted by molar-refractivity contribution is 6.02. The third kappa shape index (κ3) is 3.34. The molecule has 1 heterocycles. The van der Waals surface area contributed by atoms with Gasteiger partial charge in [0.25, 0.3) is 0 Å². The second-order valence-electron chi connectivity index (χ2n) is 4.82. The quantitative estimate of drug-likeness (QED) is 0.445. The van der Waals surface area contributed by atoms with Crippen LogP contribution in [0.3, 0.4) is 0 Å². The standard InChI is InChI=1S/C15H8F6O3/c1-7(23)13-10(12-3-2-9(6-22)24-12)4-8(14(16,17)18)5-11(13)15(19,20)21/h2-6H,1H3. The molecule has 0 unspecified atom stereocenters. The van der Waals surface area contributed by atoms with Crippen LogP contribution in [0.15, 0.2) is 28.7 Å². The first-order valence-corrected chi connectivity index (χ1v) is 6.34. The summed E-state index contributed by atoms with van der Waals surface area (Å²) < 4.78 is 83.1. The zero-order valence-electron chi connectivity index (χ0n) is 11.9. The summed E-state index contributed by atoms with van der Waals surface area (Å²) in [5.74, 6) is -1.83. The van der Waals surface area contributed by atoms with Crippen LogP contribution in [-0.4, -0.2) is 12.1 Å². The average Bonchev–Trinajstić information content (AvgIpc) is 2.92. The molecule has 9 heteroatoms. The Morgan fingerprint density at radius 3 is 2.08 bits per heavy atom. The molecule has 0 aliphatic heterocycles. The second kappa shape index (κ2) is 5.81. The van der Waals surface area contributed by atoms with Crippen LogP contribution in [-0.2, 0) is 12.4 Å². The summed E-state index contributed by atoms with van der Waals surface area (Å²) in [6.45, 7) is 0.797. The van der Waals surface area contributed by atoms with Crippen molar-refractivity contribution in [3.05, 3.63) is 46.7 Å². The van der Waals surface area contributed by atoms with E-state index in [1.54, 1.807) is 0 Å². The number of rotatable bonds is 3. The molecule has 0 spiro atoms. The summed E-state index contributed by atoms with van der Waals surface area (Å²) in [4.78, 5) is 22.3. The minimum atomic E-state index is -5.18. The van der Waals surface area contributed by atoms with Crippen LogP contribution in [0.4, 0.5) is 26.3 Å². The number of Topliss-reactive ketones (excluding diaryl/α,β-unsaturated/α-hetero) is 1. The molecule has 0 aliphatic rings. The van der Waals surface area contributed by atoms with Crippen molar-refractivity contribution in [2.75, 3.05) is 0 Å². The van der Waals surface area contributed by atoms with E-state index in [-0.39, 0.29) is 18.1 Å². The van der Waals surface area contributed by atoms with Crippen molar-refractivity contribution in [3.63, 3.8) is 0 Å². The zero-order chi connectivity index (χ0) is 18.3. The molecule has 2 aromatic rings. The molecule has 1 aromatic heterocycles. The van der Waals surface area contributed by atoms with Gasteiger partial charge >= 0.3 is 12.4 Å². The summed E-state index contributed by atoms with van der Waals surface area (Å²) in [5.41, 5.74) is -4.94. The third-order valence-corrected chi connectivity index (χ3v) is 3.13. The van der Waals surface area contributed by atoms with Crippen LogP contribution in [0.5, 0.6) is 0 Å². The summed E-state index contributed by atoms with van der Waals surface area (Å²) in [6.07, 6.45) is -10.0. The van der Waals surface area contributed by atoms with Gasteiger partial charge in [-0.3, -0.25) is 9.59 Å². The van der Waals surface area contributed by atoms with Gasteiger partial charge in [-0.1, -0.05) is 0 Å². The molecule has 3 nitrogen and oxygen atoms in total. The molecule has 0 N–H and O–H groups in total. The molecule has 0 saturated heterocycles. The molecule has 0 radical (unpaired) electrons. The number of ketones is 1. The molecule has 2 rings (SSSR count). The van der Waals surface area contributed by atoms with E-state index >= 15 is 0 Å². The lowest BCUT2D eigenvalue weighted by Crippen LogP contribution is -2.16. The number of carbonyl (C=O) groups excluding carboxylic acids is 2. The highest BCUT2D eigenvalue weighted by Crippen LogP contribution is 2.42. The van der Waals surface area contributed by atoms with E-state index in [0.717, 1.165) is 19.1 Å². The number of aldehydes is 1. The normalized spacial score (nSPS) is 12.3. The first kappa shape index (κ1) is 17.8. The van der Waals surface area contributed by atoms with Crippen LogP contribution < -0.4 is 0 Å². The summed E-state index contributed by atoms with van der Waals surface area (Å²) in [7, 11) is 0. The Balaban J connectivity index is 2.89. The van der Waals surface area contributed by atoms with Crippen molar-refractivity contribution in [3.8, 4) is 11.3 Å². The van der Waals surface area contributed by atoms with E-state index in [1.165, 1.54) is 0 Å². The lowest BCUT2D eigenvalue weighted by Gasteiger charge is -2.17. The Labute approximate surface area is 130 Å². The van der Waals surface area contributed by atoms with E-state index in [4.69, 9.17) is 4.42 Å². The van der Waals surface area contributed by atoms with Gasteiger partial charge in [-0.05, 0) is 31.2 Å². The van der Waals surface area contributed by atoms with Gasteiger partial charge in [-0.25, -0.2) is 0 Å². The summed E-state index contributed by atoms with van der Waals surface area (Å²) >= 11 is 0. The van der Waals surface area contributed by atoms with E-state index < -0.39 is 46.1 Å². The Morgan fingerprint density at radius 2 is 1.67 bits per heavy atom. The maximum Gasteiger partial charge on any atom is 0.417 e. The van der Waals surface area contributed by atoms with E-state index in [1.807, 2.05) is 0 Å². The minimum absolute atomic E-state index is 0.121. The Hall–Kier alpha value is -2.58. The van der Waals surface area contributed by atoms with Crippen molar-refractivity contribution < 1.29 is 40.3 Å². The van der Waals surface area contributed by atoms with Gasteiger partial charge < -0.3 is 4.42 Å². The predicted octanol–water partition coefficient (Wildman–Crippen LogP) is 5.00. The minimum Gasteiger partial charge on any atom is -0.453 e. The van der Waals surface area contributed by atoms with Crippen LogP contribution in [0.2, 0.25) is 0 Å². The van der Waals surface area contributed by atoms with Gasteiger partial charge in [0.05, 0.1) is 11.1 Å². The second-order valence-corrected chi connectivity index (χ2v) is 4.82. The number of hydrogen-bond acceptors (Lipinski definition) is 3. The van der Waals surface area contributed by atoms with Crippen molar-refractivity contribution in [2.24, 2.45) is 0 Å². The average molecular weight is 350 g/mol. The Bertz CT molecular complexity index is 799. The number of furan rings is 1. The summed E-state index contributed by atoms with van der Waals surface area (Å²) in [5, 5.41) is 0. The highest BCUT2D eigenvalue weighted by atomic mass is 19.4. The largest absolute Gasteiger partial charge is 0.453 e. The molecule has 0 saturated carbocycles. The van der Waals surface area contributed by atoms with Gasteiger partial charge in [-0.2, -0.15) is 26.3 Å². The first-order chi connectivity index (χ1) is 10.9. The molecule has 1 aromatic carbocycles. The molecule has 0 amide bonds. The fourth-order valence-corrected chi connectivity index (χ4v) is 2.16. The smallest absolute Gasteiger partial charge is 0.417 e. The van der Waals surface area contributed by atoms with Gasteiger partial charge in [0, 0.05) is 11.1 Å². The van der Waals surface area contributed by atoms with Crippen molar-refractivity contribution in [1.82, 2.24) is 0 Å². The van der Waals surface area contributed by atoms with E-state index in [2.05, 4.69) is 0 Å². The zero-order valence-corrected chi connectivity index (χ0v) is 11.9. The lowest BCUT2D eigenvalue weighted by atomic mass is 9.93.